The van der Waals surface area contributed by atoms with Gasteiger partial charge in [-0.2, -0.15) is 0 Å². The van der Waals surface area contributed by atoms with Crippen LogP contribution in [0.3, 0.4) is 0 Å². The lowest BCUT2D eigenvalue weighted by Crippen LogP contribution is -2.14. The largest absolute Gasteiger partial charge is 0.295 e. The van der Waals surface area contributed by atoms with Gasteiger partial charge in [0.1, 0.15) is 0 Å². The summed E-state index contributed by atoms with van der Waals surface area (Å²) in [4.78, 5) is 12.2. The first-order chi connectivity index (χ1) is 7.33. The van der Waals surface area contributed by atoms with Gasteiger partial charge in [0, 0.05) is 12.0 Å². The third-order valence-electron chi connectivity index (χ3n) is 5.14. The smallest absolute Gasteiger partial charge is 0.159 e. The van der Waals surface area contributed by atoms with Gasteiger partial charge in [0.05, 0.1) is 0 Å². The van der Waals surface area contributed by atoms with E-state index in [1.807, 2.05) is 0 Å². The maximum absolute atomic E-state index is 12.2. The summed E-state index contributed by atoms with van der Waals surface area (Å²) < 4.78 is 0. The van der Waals surface area contributed by atoms with Crippen molar-refractivity contribution in [1.29, 1.82) is 0 Å². The van der Waals surface area contributed by atoms with Gasteiger partial charge in [-0.25, -0.2) is 0 Å². The van der Waals surface area contributed by atoms with Gasteiger partial charge in [-0.15, -0.1) is 0 Å². The molecule has 3 aliphatic rings. The fourth-order valence-electron chi connectivity index (χ4n) is 4.19. The molecule has 0 saturated heterocycles. The third-order valence-corrected chi connectivity index (χ3v) is 5.14. The lowest BCUT2D eigenvalue weighted by molar-refractivity contribution is -0.115. The Hall–Kier alpha value is -0.590. The summed E-state index contributed by atoms with van der Waals surface area (Å²) in [5, 5.41) is 0. The minimum absolute atomic E-state index is 0.269. The van der Waals surface area contributed by atoms with E-state index in [1.54, 1.807) is 0 Å². The quantitative estimate of drug-likeness (QED) is 0.605. The van der Waals surface area contributed by atoms with Crippen molar-refractivity contribution in [2.75, 3.05) is 0 Å². The standard InChI is InChI=1S/C15H22O/c1-9-5-12(16)13-11(9)8-14(2,3)6-10-7-15(10,13)4/h9-10H,5-8H2,1-4H3/t9?,10?,15-/m1/s1. The molecular weight excluding hydrogens is 196 g/mol. The van der Waals surface area contributed by atoms with Crippen molar-refractivity contribution in [3.8, 4) is 0 Å². The number of carbonyl (C=O) groups excluding carboxylic acids is 1. The van der Waals surface area contributed by atoms with Crippen LogP contribution in [-0.4, -0.2) is 5.78 Å². The summed E-state index contributed by atoms with van der Waals surface area (Å²) >= 11 is 0. The van der Waals surface area contributed by atoms with Crippen molar-refractivity contribution in [2.24, 2.45) is 22.7 Å². The number of hydrogen-bond acceptors (Lipinski definition) is 1. The van der Waals surface area contributed by atoms with E-state index in [0.29, 0.717) is 17.1 Å². The van der Waals surface area contributed by atoms with Crippen LogP contribution in [0.1, 0.15) is 53.4 Å². The van der Waals surface area contributed by atoms with Crippen LogP contribution >= 0.6 is 0 Å². The average Bonchev–Trinajstić information content (AvgIpc) is 2.64. The Balaban J connectivity index is 2.10. The summed E-state index contributed by atoms with van der Waals surface area (Å²) in [5.74, 6) is 1.76. The number of Topliss-reactive ketones (excluding diaryl/α,β-unsaturated/α-hetero) is 1. The second-order valence-corrected chi connectivity index (χ2v) is 7.29. The van der Waals surface area contributed by atoms with Crippen LogP contribution in [0.15, 0.2) is 11.1 Å². The highest BCUT2D eigenvalue weighted by Gasteiger charge is 2.59. The van der Waals surface area contributed by atoms with E-state index >= 15 is 0 Å². The number of fused-ring (bicyclic) bond motifs is 2. The Morgan fingerprint density at radius 2 is 1.88 bits per heavy atom. The van der Waals surface area contributed by atoms with Crippen LogP contribution in [0.2, 0.25) is 0 Å². The van der Waals surface area contributed by atoms with E-state index in [4.69, 9.17) is 0 Å². The average molecular weight is 218 g/mol. The predicted molar refractivity (Wildman–Crippen MR) is 65.0 cm³/mol. The number of carbonyl (C=O) groups is 1. The van der Waals surface area contributed by atoms with Crippen molar-refractivity contribution in [1.82, 2.24) is 0 Å². The SMILES string of the molecule is CC1CC(=O)C2=C1CC(C)(C)CC1C[C@@]21C. The van der Waals surface area contributed by atoms with Crippen LogP contribution in [0, 0.1) is 22.7 Å². The molecule has 0 N–H and O–H groups in total. The zero-order valence-electron chi connectivity index (χ0n) is 10.9. The summed E-state index contributed by atoms with van der Waals surface area (Å²) in [5.41, 5.74) is 3.44. The highest BCUT2D eigenvalue weighted by atomic mass is 16.1. The fourth-order valence-corrected chi connectivity index (χ4v) is 4.19. The normalized spacial score (nSPS) is 45.1. The molecule has 0 radical (unpaired) electrons. The molecule has 0 amide bonds. The summed E-state index contributed by atoms with van der Waals surface area (Å²) in [6.07, 6.45) is 4.49. The second kappa shape index (κ2) is 2.80. The minimum atomic E-state index is 0.269. The first kappa shape index (κ1) is 10.6. The molecule has 1 heteroatoms. The van der Waals surface area contributed by atoms with Gasteiger partial charge in [0.25, 0.3) is 0 Å². The van der Waals surface area contributed by atoms with Crippen LogP contribution < -0.4 is 0 Å². The van der Waals surface area contributed by atoms with E-state index in [2.05, 4.69) is 27.7 Å². The third kappa shape index (κ3) is 1.26. The van der Waals surface area contributed by atoms with E-state index < -0.39 is 0 Å². The first-order valence-electron chi connectivity index (χ1n) is 6.60. The van der Waals surface area contributed by atoms with Gasteiger partial charge in [-0.1, -0.05) is 33.3 Å². The topological polar surface area (TPSA) is 17.1 Å². The molecule has 0 aromatic heterocycles. The highest BCUT2D eigenvalue weighted by Crippen LogP contribution is 2.67. The van der Waals surface area contributed by atoms with Crippen molar-refractivity contribution in [3.05, 3.63) is 11.1 Å². The molecule has 1 nitrogen and oxygen atoms in total. The molecule has 3 atom stereocenters. The van der Waals surface area contributed by atoms with Gasteiger partial charge in [-0.05, 0) is 41.9 Å². The first-order valence-corrected chi connectivity index (χ1v) is 6.60. The van der Waals surface area contributed by atoms with E-state index in [1.165, 1.54) is 24.0 Å². The molecule has 0 aliphatic heterocycles. The lowest BCUT2D eigenvalue weighted by atomic mass is 9.79. The van der Waals surface area contributed by atoms with Gasteiger partial charge in [-0.3, -0.25) is 4.79 Å². The van der Waals surface area contributed by atoms with Crippen LogP contribution in [-0.2, 0) is 4.79 Å². The van der Waals surface area contributed by atoms with Crippen LogP contribution in [0.25, 0.3) is 0 Å². The highest BCUT2D eigenvalue weighted by molar-refractivity contribution is 6.01. The van der Waals surface area contributed by atoms with E-state index in [0.717, 1.165) is 18.8 Å². The van der Waals surface area contributed by atoms with Gasteiger partial charge in [0.2, 0.25) is 0 Å². The number of hydrogen-bond donors (Lipinski definition) is 0. The molecular formula is C15H22O. The summed E-state index contributed by atoms with van der Waals surface area (Å²) in [7, 11) is 0. The Morgan fingerprint density at radius 1 is 1.19 bits per heavy atom. The van der Waals surface area contributed by atoms with Crippen molar-refractivity contribution in [3.63, 3.8) is 0 Å². The molecule has 3 aliphatic carbocycles. The van der Waals surface area contributed by atoms with Crippen molar-refractivity contribution < 1.29 is 4.79 Å². The zero-order chi connectivity index (χ0) is 11.7. The van der Waals surface area contributed by atoms with Crippen LogP contribution in [0.4, 0.5) is 0 Å². The number of allylic oxidation sites excluding steroid dienone is 2. The van der Waals surface area contributed by atoms with E-state index in [9.17, 15) is 4.79 Å². The summed E-state index contributed by atoms with van der Waals surface area (Å²) in [6, 6.07) is 0. The van der Waals surface area contributed by atoms with Gasteiger partial charge < -0.3 is 0 Å². The number of ketones is 1. The Bertz CT molecular complexity index is 402. The maximum atomic E-state index is 12.2. The number of rotatable bonds is 0. The monoisotopic (exact) mass is 218 g/mol. The molecule has 0 aromatic carbocycles. The predicted octanol–water partition coefficient (Wildman–Crippen LogP) is 3.74. The van der Waals surface area contributed by atoms with Gasteiger partial charge in [0.15, 0.2) is 5.78 Å². The Labute approximate surface area is 98.3 Å². The van der Waals surface area contributed by atoms with Crippen molar-refractivity contribution in [2.45, 2.75) is 53.4 Å². The lowest BCUT2D eigenvalue weighted by Gasteiger charge is -2.25. The van der Waals surface area contributed by atoms with E-state index in [-0.39, 0.29) is 5.41 Å². The molecule has 0 bridgehead atoms. The van der Waals surface area contributed by atoms with Crippen LogP contribution in [0.5, 0.6) is 0 Å². The second-order valence-electron chi connectivity index (χ2n) is 7.29. The Kier molecular flexibility index (Phi) is 1.85. The summed E-state index contributed by atoms with van der Waals surface area (Å²) in [6.45, 7) is 9.31. The molecule has 0 heterocycles. The minimum Gasteiger partial charge on any atom is -0.295 e. The molecule has 0 aromatic rings. The zero-order valence-corrected chi connectivity index (χ0v) is 10.9. The molecule has 2 unspecified atom stereocenters. The molecule has 88 valence electrons. The fraction of sp³-hybridized carbons (Fsp3) is 0.800. The molecule has 0 spiro atoms. The maximum Gasteiger partial charge on any atom is 0.159 e. The molecule has 16 heavy (non-hydrogen) atoms. The molecule has 1 fully saturated rings. The van der Waals surface area contributed by atoms with Gasteiger partial charge >= 0.3 is 0 Å². The molecule has 1 saturated carbocycles. The van der Waals surface area contributed by atoms with Crippen molar-refractivity contribution >= 4 is 5.78 Å². The Morgan fingerprint density at radius 3 is 2.56 bits per heavy atom. The molecule has 3 rings (SSSR count).